The van der Waals surface area contributed by atoms with E-state index in [1.54, 1.807) is 24.3 Å². The maximum absolute atomic E-state index is 12.0. The molecule has 5 heteroatoms. The minimum atomic E-state index is -0.256. The number of hydrogen-bond acceptors (Lipinski definition) is 2. The zero-order valence-corrected chi connectivity index (χ0v) is 14.2. The summed E-state index contributed by atoms with van der Waals surface area (Å²) in [5.74, 6) is 0.502. The lowest BCUT2D eigenvalue weighted by atomic mass is 10.2. The fourth-order valence-corrected chi connectivity index (χ4v) is 2.18. The van der Waals surface area contributed by atoms with Crippen LogP contribution in [0.5, 0.6) is 5.75 Å². The van der Waals surface area contributed by atoms with Crippen LogP contribution in [0.15, 0.2) is 48.5 Å². The molecule has 0 aliphatic heterocycles. The summed E-state index contributed by atoms with van der Waals surface area (Å²) in [5.41, 5.74) is 1.44. The van der Waals surface area contributed by atoms with E-state index in [1.807, 2.05) is 31.2 Å². The van der Waals surface area contributed by atoms with Crippen molar-refractivity contribution in [2.45, 2.75) is 13.3 Å². The van der Waals surface area contributed by atoms with Gasteiger partial charge in [0.05, 0.1) is 16.7 Å². The van der Waals surface area contributed by atoms with Gasteiger partial charge in [-0.25, -0.2) is 0 Å². The van der Waals surface area contributed by atoms with Gasteiger partial charge in [-0.2, -0.15) is 0 Å². The van der Waals surface area contributed by atoms with Crippen LogP contribution in [0.4, 0.5) is 5.69 Å². The third-order valence-electron chi connectivity index (χ3n) is 2.98. The molecule has 1 amide bonds. The number of ether oxygens (including phenoxy) is 1. The molecule has 0 bridgehead atoms. The van der Waals surface area contributed by atoms with Gasteiger partial charge in [-0.1, -0.05) is 48.3 Å². The molecule has 0 aromatic heterocycles. The van der Waals surface area contributed by atoms with Crippen LogP contribution in [0.3, 0.4) is 0 Å². The molecule has 0 fully saturated rings. The second-order valence-corrected chi connectivity index (χ2v) is 5.65. The molecule has 0 spiro atoms. The van der Waals surface area contributed by atoms with Crippen molar-refractivity contribution in [2.24, 2.45) is 0 Å². The third-order valence-corrected chi connectivity index (χ3v) is 3.72. The van der Waals surface area contributed by atoms with Crippen molar-refractivity contribution in [3.63, 3.8) is 0 Å². The Morgan fingerprint density at radius 2 is 1.96 bits per heavy atom. The molecule has 1 N–H and O–H groups in total. The Labute approximate surface area is 145 Å². The average Bonchev–Trinajstić information content (AvgIpc) is 2.55. The van der Waals surface area contributed by atoms with Crippen LogP contribution in [0.1, 0.15) is 18.9 Å². The molecule has 120 valence electrons. The highest BCUT2D eigenvalue weighted by Crippen LogP contribution is 2.25. The van der Waals surface area contributed by atoms with Crippen LogP contribution in [0, 0.1) is 0 Å². The summed E-state index contributed by atoms with van der Waals surface area (Å²) >= 11 is 11.8. The molecular formula is C18H17Cl2NO2. The summed E-state index contributed by atoms with van der Waals surface area (Å²) < 4.78 is 5.65. The first kappa shape index (κ1) is 17.4. The number of anilines is 1. The van der Waals surface area contributed by atoms with Gasteiger partial charge in [0.15, 0.2) is 0 Å². The average molecular weight is 350 g/mol. The van der Waals surface area contributed by atoms with Gasteiger partial charge in [-0.3, -0.25) is 4.79 Å². The first-order valence-corrected chi connectivity index (χ1v) is 8.01. The number of para-hydroxylation sites is 1. The van der Waals surface area contributed by atoms with E-state index in [9.17, 15) is 4.79 Å². The number of halogens is 2. The Morgan fingerprint density at radius 3 is 2.70 bits per heavy atom. The smallest absolute Gasteiger partial charge is 0.248 e. The largest absolute Gasteiger partial charge is 0.493 e. The molecule has 0 saturated heterocycles. The lowest BCUT2D eigenvalue weighted by Gasteiger charge is -2.07. The third kappa shape index (κ3) is 5.31. The Balaban J connectivity index is 2.04. The van der Waals surface area contributed by atoms with Crippen molar-refractivity contribution in [1.82, 2.24) is 0 Å². The molecule has 0 unspecified atom stereocenters. The van der Waals surface area contributed by atoms with Gasteiger partial charge in [0.25, 0.3) is 0 Å². The van der Waals surface area contributed by atoms with Crippen LogP contribution in [0.2, 0.25) is 10.0 Å². The van der Waals surface area contributed by atoms with Gasteiger partial charge in [0, 0.05) is 17.3 Å². The van der Waals surface area contributed by atoms with Crippen molar-refractivity contribution < 1.29 is 9.53 Å². The van der Waals surface area contributed by atoms with E-state index in [-0.39, 0.29) is 5.91 Å². The molecule has 0 heterocycles. The fraction of sp³-hybridized carbons (Fsp3) is 0.167. The SMILES string of the molecule is CCCOc1ccccc1/C=C/C(=O)Nc1ccc(Cl)c(Cl)c1. The molecule has 0 radical (unpaired) electrons. The number of benzene rings is 2. The van der Waals surface area contributed by atoms with Crippen LogP contribution < -0.4 is 10.1 Å². The van der Waals surface area contributed by atoms with E-state index in [1.165, 1.54) is 6.08 Å². The van der Waals surface area contributed by atoms with E-state index < -0.39 is 0 Å². The molecule has 0 saturated carbocycles. The van der Waals surface area contributed by atoms with Crippen molar-refractivity contribution >= 4 is 40.9 Å². The molecule has 0 atom stereocenters. The van der Waals surface area contributed by atoms with Crippen LogP contribution >= 0.6 is 23.2 Å². The van der Waals surface area contributed by atoms with E-state index in [0.29, 0.717) is 22.3 Å². The first-order valence-electron chi connectivity index (χ1n) is 7.26. The molecule has 23 heavy (non-hydrogen) atoms. The molecule has 3 nitrogen and oxygen atoms in total. The summed E-state index contributed by atoms with van der Waals surface area (Å²) in [6.07, 6.45) is 4.10. The highest BCUT2D eigenvalue weighted by Gasteiger charge is 2.03. The van der Waals surface area contributed by atoms with Crippen LogP contribution in [0.25, 0.3) is 6.08 Å². The standard InChI is InChI=1S/C18H17Cl2NO2/c1-2-11-23-17-6-4-3-5-13(17)7-10-18(22)21-14-8-9-15(19)16(20)12-14/h3-10,12H,2,11H2,1H3,(H,21,22)/b10-7+. The Kier molecular flexibility index (Phi) is 6.51. The van der Waals surface area contributed by atoms with Crippen molar-refractivity contribution in [2.75, 3.05) is 11.9 Å². The molecule has 2 aromatic carbocycles. The molecular weight excluding hydrogens is 333 g/mol. The summed E-state index contributed by atoms with van der Waals surface area (Å²) in [6, 6.07) is 12.5. The summed E-state index contributed by atoms with van der Waals surface area (Å²) in [5, 5.41) is 3.57. The number of hydrogen-bond donors (Lipinski definition) is 1. The zero-order chi connectivity index (χ0) is 16.7. The van der Waals surface area contributed by atoms with Gasteiger partial charge in [0.1, 0.15) is 5.75 Å². The van der Waals surface area contributed by atoms with Crippen molar-refractivity contribution in [1.29, 1.82) is 0 Å². The first-order chi connectivity index (χ1) is 11.1. The predicted octanol–water partition coefficient (Wildman–Crippen LogP) is 5.43. The number of rotatable bonds is 6. The normalized spacial score (nSPS) is 10.7. The molecule has 0 aliphatic carbocycles. The van der Waals surface area contributed by atoms with Crippen LogP contribution in [-0.4, -0.2) is 12.5 Å². The predicted molar refractivity (Wildman–Crippen MR) is 96.4 cm³/mol. The fourth-order valence-electron chi connectivity index (χ4n) is 1.88. The second kappa shape index (κ2) is 8.61. The number of amides is 1. The Bertz CT molecular complexity index is 714. The maximum Gasteiger partial charge on any atom is 0.248 e. The molecule has 2 aromatic rings. The lowest BCUT2D eigenvalue weighted by Crippen LogP contribution is -2.07. The van der Waals surface area contributed by atoms with Gasteiger partial charge in [0.2, 0.25) is 5.91 Å². The van der Waals surface area contributed by atoms with Gasteiger partial charge >= 0.3 is 0 Å². The number of nitrogens with one attached hydrogen (secondary N) is 1. The minimum Gasteiger partial charge on any atom is -0.493 e. The van der Waals surface area contributed by atoms with Gasteiger partial charge in [-0.05, 0) is 36.8 Å². The van der Waals surface area contributed by atoms with Gasteiger partial charge < -0.3 is 10.1 Å². The highest BCUT2D eigenvalue weighted by atomic mass is 35.5. The number of carbonyl (C=O) groups excluding carboxylic acids is 1. The Morgan fingerprint density at radius 1 is 1.17 bits per heavy atom. The van der Waals surface area contributed by atoms with E-state index in [4.69, 9.17) is 27.9 Å². The molecule has 0 aliphatic rings. The topological polar surface area (TPSA) is 38.3 Å². The maximum atomic E-state index is 12.0. The number of carbonyl (C=O) groups is 1. The van der Waals surface area contributed by atoms with E-state index in [0.717, 1.165) is 17.7 Å². The summed E-state index contributed by atoms with van der Waals surface area (Å²) in [4.78, 5) is 12.0. The summed E-state index contributed by atoms with van der Waals surface area (Å²) in [7, 11) is 0. The quantitative estimate of drug-likeness (QED) is 0.705. The highest BCUT2D eigenvalue weighted by molar-refractivity contribution is 6.42. The lowest BCUT2D eigenvalue weighted by molar-refractivity contribution is -0.111. The second-order valence-electron chi connectivity index (χ2n) is 4.84. The Hall–Kier alpha value is -1.97. The van der Waals surface area contributed by atoms with E-state index in [2.05, 4.69) is 5.32 Å². The minimum absolute atomic E-state index is 0.256. The van der Waals surface area contributed by atoms with Gasteiger partial charge in [-0.15, -0.1) is 0 Å². The zero-order valence-electron chi connectivity index (χ0n) is 12.7. The molecule has 2 rings (SSSR count). The van der Waals surface area contributed by atoms with Crippen molar-refractivity contribution in [3.05, 3.63) is 64.1 Å². The van der Waals surface area contributed by atoms with Crippen LogP contribution in [-0.2, 0) is 4.79 Å². The van der Waals surface area contributed by atoms with Crippen molar-refractivity contribution in [3.8, 4) is 5.75 Å². The summed E-state index contributed by atoms with van der Waals surface area (Å²) in [6.45, 7) is 2.68. The monoisotopic (exact) mass is 349 g/mol. The van der Waals surface area contributed by atoms with E-state index >= 15 is 0 Å².